The number of aryl methyl sites for hydroxylation is 1. The van der Waals surface area contributed by atoms with Crippen LogP contribution in [0.25, 0.3) is 11.1 Å². The Balaban J connectivity index is 2.18. The van der Waals surface area contributed by atoms with Gasteiger partial charge in [0.15, 0.2) is 5.58 Å². The number of amides is 1. The van der Waals surface area contributed by atoms with E-state index < -0.39 is 11.9 Å². The van der Waals surface area contributed by atoms with E-state index in [9.17, 15) is 14.7 Å². The van der Waals surface area contributed by atoms with E-state index in [4.69, 9.17) is 4.42 Å². The summed E-state index contributed by atoms with van der Waals surface area (Å²) in [7, 11) is 1.59. The highest BCUT2D eigenvalue weighted by Crippen LogP contribution is 2.17. The van der Waals surface area contributed by atoms with Gasteiger partial charge in [-0.25, -0.2) is 4.79 Å². The molecule has 0 saturated carbocycles. The lowest BCUT2D eigenvalue weighted by Crippen LogP contribution is -2.27. The van der Waals surface area contributed by atoms with E-state index in [-0.39, 0.29) is 11.5 Å². The second-order valence-electron chi connectivity index (χ2n) is 4.69. The zero-order valence-electron chi connectivity index (χ0n) is 11.5. The molecule has 108 valence electrons. The third-order valence-corrected chi connectivity index (χ3v) is 3.30. The fourth-order valence-corrected chi connectivity index (χ4v) is 1.98. The first kappa shape index (κ1) is 14.3. The largest absolute Gasteiger partial charge is 0.419 e. The predicted molar refractivity (Wildman–Crippen MR) is 74.7 cm³/mol. The number of oxazole rings is 1. The molecule has 0 aliphatic rings. The van der Waals surface area contributed by atoms with E-state index in [2.05, 4.69) is 5.32 Å². The summed E-state index contributed by atoms with van der Waals surface area (Å²) in [6.07, 6.45) is 0.733. The van der Waals surface area contributed by atoms with Crippen molar-refractivity contribution in [3.8, 4) is 0 Å². The molecule has 0 fully saturated rings. The summed E-state index contributed by atoms with van der Waals surface area (Å²) >= 11 is 0. The normalized spacial score (nSPS) is 12.6. The van der Waals surface area contributed by atoms with Crippen molar-refractivity contribution in [1.82, 2.24) is 9.88 Å². The molecule has 0 radical (unpaired) electrons. The maximum atomic E-state index is 12.1. The van der Waals surface area contributed by atoms with Gasteiger partial charge in [0.2, 0.25) is 0 Å². The van der Waals surface area contributed by atoms with Gasteiger partial charge in [0.25, 0.3) is 5.91 Å². The quantitative estimate of drug-likeness (QED) is 0.855. The smallest absolute Gasteiger partial charge is 0.407 e. The fraction of sp³-hybridized carbons (Fsp3) is 0.429. The molecule has 0 aliphatic carbocycles. The molecule has 2 rings (SSSR count). The Morgan fingerprint density at radius 2 is 2.25 bits per heavy atom. The lowest BCUT2D eigenvalue weighted by Gasteiger charge is -2.08. The zero-order chi connectivity index (χ0) is 14.7. The Bertz CT molecular complexity index is 671. The Morgan fingerprint density at radius 3 is 2.95 bits per heavy atom. The third kappa shape index (κ3) is 2.75. The number of nitrogens with one attached hydrogen (secondary N) is 1. The van der Waals surface area contributed by atoms with Crippen molar-refractivity contribution in [2.45, 2.75) is 25.9 Å². The molecular formula is C14H18N2O4. The van der Waals surface area contributed by atoms with Crippen LogP contribution in [0.4, 0.5) is 0 Å². The molecule has 2 N–H and O–H groups in total. The number of carbonyl (C=O) groups is 1. The van der Waals surface area contributed by atoms with Gasteiger partial charge in [0.1, 0.15) is 0 Å². The van der Waals surface area contributed by atoms with E-state index in [0.717, 1.165) is 0 Å². The Morgan fingerprint density at radius 1 is 1.50 bits per heavy atom. The number of rotatable bonds is 5. The van der Waals surface area contributed by atoms with Crippen LogP contribution < -0.4 is 11.1 Å². The number of benzene rings is 1. The van der Waals surface area contributed by atoms with Crippen molar-refractivity contribution < 1.29 is 14.3 Å². The number of aliphatic hydroxyl groups is 1. The van der Waals surface area contributed by atoms with Gasteiger partial charge in [-0.2, -0.15) is 0 Å². The topological polar surface area (TPSA) is 84.5 Å². The van der Waals surface area contributed by atoms with Crippen LogP contribution in [0.1, 0.15) is 30.1 Å². The highest BCUT2D eigenvalue weighted by atomic mass is 16.4. The standard InChI is InChI=1S/C14H18N2O4/c1-3-9(17)7-8-15-13(18)10-5-4-6-11-12(10)20-14(19)16(11)2/h4-6,9,17H,3,7-8H2,1-2H3,(H,15,18). The summed E-state index contributed by atoms with van der Waals surface area (Å²) in [4.78, 5) is 23.6. The lowest BCUT2D eigenvalue weighted by molar-refractivity contribution is 0.0942. The molecule has 1 amide bonds. The number of para-hydroxylation sites is 1. The highest BCUT2D eigenvalue weighted by molar-refractivity contribution is 6.04. The average molecular weight is 278 g/mol. The molecule has 1 atom stereocenters. The maximum absolute atomic E-state index is 12.1. The molecule has 1 heterocycles. The Kier molecular flexibility index (Phi) is 4.24. The van der Waals surface area contributed by atoms with E-state index in [1.54, 1.807) is 25.2 Å². The SMILES string of the molecule is CCC(O)CCNC(=O)c1cccc2c1oc(=O)n2C. The van der Waals surface area contributed by atoms with Crippen molar-refractivity contribution in [3.63, 3.8) is 0 Å². The highest BCUT2D eigenvalue weighted by Gasteiger charge is 2.15. The van der Waals surface area contributed by atoms with E-state index in [0.29, 0.717) is 30.5 Å². The number of carbonyl (C=O) groups excluding carboxylic acids is 1. The molecule has 6 nitrogen and oxygen atoms in total. The number of hydrogen-bond acceptors (Lipinski definition) is 4. The number of aromatic nitrogens is 1. The van der Waals surface area contributed by atoms with Crippen LogP contribution in [0.5, 0.6) is 0 Å². The molecule has 1 aromatic heterocycles. The maximum Gasteiger partial charge on any atom is 0.419 e. The van der Waals surface area contributed by atoms with E-state index in [1.165, 1.54) is 4.57 Å². The Hall–Kier alpha value is -2.08. The monoisotopic (exact) mass is 278 g/mol. The molecule has 1 aromatic carbocycles. The minimum Gasteiger partial charge on any atom is -0.407 e. The van der Waals surface area contributed by atoms with Gasteiger partial charge in [-0.05, 0) is 25.0 Å². The average Bonchev–Trinajstić information content (AvgIpc) is 2.74. The number of fused-ring (bicyclic) bond motifs is 1. The van der Waals surface area contributed by atoms with Crippen molar-refractivity contribution in [2.75, 3.05) is 6.54 Å². The van der Waals surface area contributed by atoms with Crippen molar-refractivity contribution >= 4 is 17.0 Å². The molecule has 2 aromatic rings. The molecule has 20 heavy (non-hydrogen) atoms. The molecule has 0 spiro atoms. The van der Waals surface area contributed by atoms with Crippen LogP contribution in [0.3, 0.4) is 0 Å². The number of nitrogens with zero attached hydrogens (tertiary/aromatic N) is 1. The first-order chi connectivity index (χ1) is 9.54. The van der Waals surface area contributed by atoms with Crippen LogP contribution in [-0.2, 0) is 7.05 Å². The second kappa shape index (κ2) is 5.92. The van der Waals surface area contributed by atoms with Gasteiger partial charge in [0.05, 0.1) is 17.2 Å². The minimum atomic E-state index is -0.498. The minimum absolute atomic E-state index is 0.286. The third-order valence-electron chi connectivity index (χ3n) is 3.30. The second-order valence-corrected chi connectivity index (χ2v) is 4.69. The molecule has 6 heteroatoms. The van der Waals surface area contributed by atoms with Gasteiger partial charge in [-0.3, -0.25) is 9.36 Å². The summed E-state index contributed by atoms with van der Waals surface area (Å²) in [5.74, 6) is -0.810. The van der Waals surface area contributed by atoms with Gasteiger partial charge in [-0.1, -0.05) is 13.0 Å². The number of aliphatic hydroxyl groups excluding tert-OH is 1. The van der Waals surface area contributed by atoms with Crippen molar-refractivity contribution in [3.05, 3.63) is 34.3 Å². The van der Waals surface area contributed by atoms with E-state index in [1.807, 2.05) is 6.92 Å². The van der Waals surface area contributed by atoms with Crippen molar-refractivity contribution in [1.29, 1.82) is 0 Å². The van der Waals surface area contributed by atoms with Gasteiger partial charge >= 0.3 is 5.76 Å². The van der Waals surface area contributed by atoms with Crippen LogP contribution in [-0.4, -0.2) is 28.2 Å². The van der Waals surface area contributed by atoms with Gasteiger partial charge in [-0.15, -0.1) is 0 Å². The molecule has 0 saturated heterocycles. The van der Waals surface area contributed by atoms with Gasteiger partial charge in [0, 0.05) is 13.6 Å². The van der Waals surface area contributed by atoms with E-state index >= 15 is 0 Å². The summed E-state index contributed by atoms with van der Waals surface area (Å²) in [5.41, 5.74) is 1.19. The summed E-state index contributed by atoms with van der Waals surface area (Å²) < 4.78 is 6.45. The number of hydrogen-bond donors (Lipinski definition) is 2. The molecule has 1 unspecified atom stereocenters. The van der Waals surface area contributed by atoms with Crippen LogP contribution in [0, 0.1) is 0 Å². The summed E-state index contributed by atoms with van der Waals surface area (Å²) in [6, 6.07) is 5.03. The molecular weight excluding hydrogens is 260 g/mol. The van der Waals surface area contributed by atoms with Gasteiger partial charge < -0.3 is 14.8 Å². The van der Waals surface area contributed by atoms with Crippen molar-refractivity contribution in [2.24, 2.45) is 7.05 Å². The van der Waals surface area contributed by atoms with Crippen LogP contribution >= 0.6 is 0 Å². The first-order valence-corrected chi connectivity index (χ1v) is 6.59. The van der Waals surface area contributed by atoms with Crippen LogP contribution in [0.2, 0.25) is 0 Å². The molecule has 0 bridgehead atoms. The zero-order valence-corrected chi connectivity index (χ0v) is 11.5. The molecule has 0 aliphatic heterocycles. The first-order valence-electron chi connectivity index (χ1n) is 6.59. The summed E-state index contributed by atoms with van der Waals surface area (Å²) in [6.45, 7) is 2.26. The Labute approximate surface area is 116 Å². The van der Waals surface area contributed by atoms with Crippen LogP contribution in [0.15, 0.2) is 27.4 Å². The lowest BCUT2D eigenvalue weighted by atomic mass is 10.1. The fourth-order valence-electron chi connectivity index (χ4n) is 1.98. The summed E-state index contributed by atoms with van der Waals surface area (Å²) in [5, 5.41) is 12.2. The predicted octanol–water partition coefficient (Wildman–Crippen LogP) is 1.02.